The van der Waals surface area contributed by atoms with Crippen molar-refractivity contribution in [3.8, 4) is 0 Å². The molecule has 2 heterocycles. The fraction of sp³-hybridized carbons (Fsp3) is 0.643. The fourth-order valence-electron chi connectivity index (χ4n) is 2.46. The first kappa shape index (κ1) is 16.3. The maximum absolute atomic E-state index is 4.39. The molecule has 3 rings (SSSR count). The topological polar surface area (TPSA) is 56.7 Å². The summed E-state index contributed by atoms with van der Waals surface area (Å²) in [5.74, 6) is 2.73. The predicted octanol–water partition coefficient (Wildman–Crippen LogP) is 1.20. The van der Waals surface area contributed by atoms with E-state index < -0.39 is 0 Å². The van der Waals surface area contributed by atoms with Gasteiger partial charge < -0.3 is 15.1 Å². The van der Waals surface area contributed by atoms with Gasteiger partial charge in [0.25, 0.3) is 0 Å². The van der Waals surface area contributed by atoms with E-state index in [1.54, 1.807) is 12.4 Å². The minimum Gasteiger partial charge on any atom is -0.356 e. The zero-order valence-electron chi connectivity index (χ0n) is 12.4. The van der Waals surface area contributed by atoms with Gasteiger partial charge >= 0.3 is 0 Å². The molecule has 7 heteroatoms. The largest absolute Gasteiger partial charge is 0.356 e. The lowest BCUT2D eigenvalue weighted by Crippen LogP contribution is -2.53. The second kappa shape index (κ2) is 7.77. The van der Waals surface area contributed by atoms with Gasteiger partial charge in [0.15, 0.2) is 5.96 Å². The van der Waals surface area contributed by atoms with Gasteiger partial charge in [-0.2, -0.15) is 0 Å². The van der Waals surface area contributed by atoms with Crippen LogP contribution in [-0.2, 0) is 0 Å². The Balaban J connectivity index is 0.00000161. The predicted molar refractivity (Wildman–Crippen MR) is 95.3 cm³/mol. The summed E-state index contributed by atoms with van der Waals surface area (Å²) in [6, 6.07) is 1.85. The van der Waals surface area contributed by atoms with Crippen LogP contribution in [0.2, 0.25) is 0 Å². The van der Waals surface area contributed by atoms with E-state index in [-0.39, 0.29) is 24.0 Å². The molecule has 116 valence electrons. The summed E-state index contributed by atoms with van der Waals surface area (Å²) in [6.07, 6.45) is 6.32. The van der Waals surface area contributed by atoms with Crippen molar-refractivity contribution >= 4 is 35.9 Å². The quantitative estimate of drug-likeness (QED) is 0.468. The number of halogens is 1. The molecular weight excluding hydrogens is 379 g/mol. The zero-order valence-corrected chi connectivity index (χ0v) is 14.7. The number of aromatic nitrogens is 2. The van der Waals surface area contributed by atoms with Gasteiger partial charge in [0.1, 0.15) is 0 Å². The number of hydrogen-bond donors (Lipinski definition) is 1. The van der Waals surface area contributed by atoms with Crippen molar-refractivity contribution in [3.63, 3.8) is 0 Å². The molecule has 2 fully saturated rings. The molecular formula is C14H23IN6. The number of hydrogen-bond acceptors (Lipinski definition) is 4. The van der Waals surface area contributed by atoms with E-state index in [1.165, 1.54) is 12.8 Å². The molecule has 0 amide bonds. The van der Waals surface area contributed by atoms with Crippen LogP contribution in [0.4, 0.5) is 5.95 Å². The van der Waals surface area contributed by atoms with E-state index in [4.69, 9.17) is 0 Å². The van der Waals surface area contributed by atoms with Crippen LogP contribution >= 0.6 is 24.0 Å². The van der Waals surface area contributed by atoms with E-state index in [0.29, 0.717) is 0 Å². The molecule has 1 saturated heterocycles. The molecule has 0 bridgehead atoms. The van der Waals surface area contributed by atoms with Crippen molar-refractivity contribution in [1.82, 2.24) is 20.2 Å². The summed E-state index contributed by atoms with van der Waals surface area (Å²) in [5, 5.41) is 3.48. The molecule has 6 nitrogen and oxygen atoms in total. The normalized spacial score (nSPS) is 19.2. The van der Waals surface area contributed by atoms with Crippen LogP contribution in [0.1, 0.15) is 12.8 Å². The van der Waals surface area contributed by atoms with Gasteiger partial charge in [-0.05, 0) is 24.8 Å². The first-order chi connectivity index (χ1) is 9.86. The molecule has 0 atom stereocenters. The van der Waals surface area contributed by atoms with Crippen LogP contribution in [0, 0.1) is 5.92 Å². The minimum atomic E-state index is 0. The third kappa shape index (κ3) is 4.42. The maximum Gasteiger partial charge on any atom is 0.225 e. The van der Waals surface area contributed by atoms with Crippen molar-refractivity contribution in [3.05, 3.63) is 18.5 Å². The highest BCUT2D eigenvalue weighted by Crippen LogP contribution is 2.27. The van der Waals surface area contributed by atoms with Crippen LogP contribution in [0.5, 0.6) is 0 Å². The van der Waals surface area contributed by atoms with Crippen LogP contribution < -0.4 is 10.2 Å². The number of anilines is 1. The summed E-state index contributed by atoms with van der Waals surface area (Å²) >= 11 is 0. The number of aliphatic imine (C=N–C) groups is 1. The van der Waals surface area contributed by atoms with E-state index in [9.17, 15) is 0 Å². The Kier molecular flexibility index (Phi) is 6.01. The second-order valence-corrected chi connectivity index (χ2v) is 5.39. The maximum atomic E-state index is 4.39. The van der Waals surface area contributed by atoms with E-state index >= 15 is 0 Å². The van der Waals surface area contributed by atoms with Gasteiger partial charge in [0, 0.05) is 52.2 Å². The molecule has 1 aliphatic heterocycles. The van der Waals surface area contributed by atoms with Gasteiger partial charge in [-0.15, -0.1) is 24.0 Å². The van der Waals surface area contributed by atoms with Crippen molar-refractivity contribution < 1.29 is 0 Å². The average molecular weight is 402 g/mol. The van der Waals surface area contributed by atoms with Crippen LogP contribution in [-0.4, -0.2) is 60.6 Å². The first-order valence-corrected chi connectivity index (χ1v) is 7.34. The summed E-state index contributed by atoms with van der Waals surface area (Å²) in [7, 11) is 1.86. The Morgan fingerprint density at radius 2 is 1.90 bits per heavy atom. The molecule has 21 heavy (non-hydrogen) atoms. The molecule has 1 aliphatic carbocycles. The standard InChI is InChI=1S/C14H22N6.HI/c1-15-13(18-11-12-3-4-12)19-7-9-20(10-8-19)14-16-5-2-6-17-14;/h2,5-6,12H,3-4,7-11H2,1H3,(H,15,18);1H. The zero-order chi connectivity index (χ0) is 13.8. The van der Waals surface area contributed by atoms with E-state index in [0.717, 1.165) is 50.5 Å². The Morgan fingerprint density at radius 1 is 1.24 bits per heavy atom. The Bertz CT molecular complexity index is 454. The van der Waals surface area contributed by atoms with Gasteiger partial charge in [-0.1, -0.05) is 0 Å². The lowest BCUT2D eigenvalue weighted by atomic mass is 10.3. The van der Waals surface area contributed by atoms with Gasteiger partial charge in [0.05, 0.1) is 0 Å². The molecule has 0 spiro atoms. The van der Waals surface area contributed by atoms with Crippen molar-refractivity contribution in [2.24, 2.45) is 10.9 Å². The highest BCUT2D eigenvalue weighted by Gasteiger charge is 2.24. The molecule has 0 radical (unpaired) electrons. The highest BCUT2D eigenvalue weighted by atomic mass is 127. The minimum absolute atomic E-state index is 0. The average Bonchev–Trinajstić information content (AvgIpc) is 3.34. The SMILES string of the molecule is CN=C(NCC1CC1)N1CCN(c2ncccn2)CC1.I. The van der Waals surface area contributed by atoms with Crippen LogP contribution in [0.15, 0.2) is 23.5 Å². The van der Waals surface area contributed by atoms with Crippen molar-refractivity contribution in [1.29, 1.82) is 0 Å². The molecule has 1 N–H and O–H groups in total. The van der Waals surface area contributed by atoms with Gasteiger partial charge in [0.2, 0.25) is 5.95 Å². The summed E-state index contributed by atoms with van der Waals surface area (Å²) in [4.78, 5) is 17.6. The monoisotopic (exact) mass is 402 g/mol. The molecule has 0 aromatic carbocycles. The van der Waals surface area contributed by atoms with Gasteiger partial charge in [-0.3, -0.25) is 4.99 Å². The van der Waals surface area contributed by atoms with Crippen LogP contribution in [0.25, 0.3) is 0 Å². The van der Waals surface area contributed by atoms with E-state index in [1.807, 2.05) is 13.1 Å². The van der Waals surface area contributed by atoms with Gasteiger partial charge in [-0.25, -0.2) is 9.97 Å². The number of nitrogens with one attached hydrogen (secondary N) is 1. The van der Waals surface area contributed by atoms with Crippen LogP contribution in [0.3, 0.4) is 0 Å². The Labute approximate surface area is 143 Å². The molecule has 2 aliphatic rings. The lowest BCUT2D eigenvalue weighted by Gasteiger charge is -2.36. The molecule has 1 saturated carbocycles. The molecule has 1 aromatic rings. The third-order valence-corrected chi connectivity index (χ3v) is 3.87. The third-order valence-electron chi connectivity index (χ3n) is 3.87. The lowest BCUT2D eigenvalue weighted by molar-refractivity contribution is 0.369. The summed E-state index contributed by atoms with van der Waals surface area (Å²) in [6.45, 7) is 4.86. The number of nitrogens with zero attached hydrogens (tertiary/aromatic N) is 5. The van der Waals surface area contributed by atoms with E-state index in [2.05, 4.69) is 30.1 Å². The van der Waals surface area contributed by atoms with Crippen molar-refractivity contribution in [2.75, 3.05) is 44.7 Å². The fourth-order valence-corrected chi connectivity index (χ4v) is 2.46. The Morgan fingerprint density at radius 3 is 2.48 bits per heavy atom. The van der Waals surface area contributed by atoms with Crippen molar-refractivity contribution in [2.45, 2.75) is 12.8 Å². The first-order valence-electron chi connectivity index (χ1n) is 7.34. The summed E-state index contributed by atoms with van der Waals surface area (Å²) < 4.78 is 0. The highest BCUT2D eigenvalue weighted by molar-refractivity contribution is 14.0. The number of piperazine rings is 1. The second-order valence-electron chi connectivity index (χ2n) is 5.39. The smallest absolute Gasteiger partial charge is 0.225 e. The molecule has 1 aromatic heterocycles. The number of rotatable bonds is 3. The summed E-state index contributed by atoms with van der Waals surface area (Å²) in [5.41, 5.74) is 0. The molecule has 0 unspecified atom stereocenters. The number of guanidine groups is 1. The Hall–Kier alpha value is -1.12.